The molecule has 0 aromatic heterocycles. The minimum atomic E-state index is 0.0636. The first-order valence-corrected chi connectivity index (χ1v) is 7.18. The molecule has 0 bridgehead atoms. The number of aryl methyl sites for hydroxylation is 2. The van der Waals surface area contributed by atoms with Gasteiger partial charge in [-0.25, -0.2) is 0 Å². The summed E-state index contributed by atoms with van der Waals surface area (Å²) < 4.78 is 5.82. The second-order valence-electron chi connectivity index (χ2n) is 5.44. The number of Topliss-reactive ketones (excluding diaryl/α,β-unsaturated/α-hetero) is 1. The fraction of sp³-hybridized carbons (Fsp3) is 0.263. The number of carbonyl (C=O) groups excluding carboxylic acids is 1. The molecular formula is C19H19NO2. The van der Waals surface area contributed by atoms with Crippen molar-refractivity contribution < 1.29 is 9.53 Å². The van der Waals surface area contributed by atoms with E-state index < -0.39 is 0 Å². The van der Waals surface area contributed by atoms with E-state index in [9.17, 15) is 4.79 Å². The Morgan fingerprint density at radius 1 is 1.18 bits per heavy atom. The van der Waals surface area contributed by atoms with Gasteiger partial charge in [-0.15, -0.1) is 0 Å². The molecule has 0 fully saturated rings. The van der Waals surface area contributed by atoms with Gasteiger partial charge >= 0.3 is 0 Å². The zero-order chi connectivity index (χ0) is 16.3. The van der Waals surface area contributed by atoms with E-state index in [0.717, 1.165) is 27.8 Å². The number of benzene rings is 2. The molecule has 0 N–H and O–H groups in total. The van der Waals surface area contributed by atoms with E-state index >= 15 is 0 Å². The Bertz CT molecular complexity index is 770. The average Bonchev–Trinajstić information content (AvgIpc) is 2.46. The van der Waals surface area contributed by atoms with E-state index in [1.807, 2.05) is 39.0 Å². The summed E-state index contributed by atoms with van der Waals surface area (Å²) in [6, 6.07) is 11.3. The molecule has 0 atom stereocenters. The Morgan fingerprint density at radius 3 is 2.50 bits per heavy atom. The van der Waals surface area contributed by atoms with Crippen LogP contribution < -0.4 is 4.74 Å². The van der Waals surface area contributed by atoms with Gasteiger partial charge < -0.3 is 4.74 Å². The van der Waals surface area contributed by atoms with E-state index in [0.29, 0.717) is 17.9 Å². The molecule has 2 rings (SSSR count). The molecule has 2 aromatic rings. The molecule has 0 spiro atoms. The van der Waals surface area contributed by atoms with Crippen LogP contribution in [0.4, 0.5) is 0 Å². The first kappa shape index (κ1) is 15.8. The molecule has 0 amide bonds. The van der Waals surface area contributed by atoms with Crippen LogP contribution in [0.2, 0.25) is 0 Å². The summed E-state index contributed by atoms with van der Waals surface area (Å²) in [5.41, 5.74) is 5.32. The zero-order valence-electron chi connectivity index (χ0n) is 13.4. The number of ketones is 1. The fourth-order valence-electron chi connectivity index (χ4n) is 2.83. The number of nitriles is 1. The van der Waals surface area contributed by atoms with Crippen LogP contribution in [0.25, 0.3) is 0 Å². The second-order valence-corrected chi connectivity index (χ2v) is 5.44. The largest absolute Gasteiger partial charge is 0.488 e. The van der Waals surface area contributed by atoms with Gasteiger partial charge in [0.1, 0.15) is 18.4 Å². The maximum absolute atomic E-state index is 11.8. The third-order valence-electron chi connectivity index (χ3n) is 3.86. The lowest BCUT2D eigenvalue weighted by molar-refractivity contribution is 0.101. The second kappa shape index (κ2) is 6.44. The molecule has 0 saturated heterocycles. The minimum absolute atomic E-state index is 0.0636. The Kier molecular flexibility index (Phi) is 4.62. The van der Waals surface area contributed by atoms with E-state index in [1.54, 1.807) is 19.1 Å². The highest BCUT2D eigenvalue weighted by atomic mass is 16.5. The standard InChI is InChI=1S/C19H19NO2/c1-12-9-13(2)19(15(4)21)14(3)17(12)11-22-18-8-6-5-7-16(18)10-20/h5-9H,11H2,1-4H3. The van der Waals surface area contributed by atoms with Crippen LogP contribution in [0.3, 0.4) is 0 Å². The zero-order valence-corrected chi connectivity index (χ0v) is 13.4. The monoisotopic (exact) mass is 293 g/mol. The maximum atomic E-state index is 11.8. The van der Waals surface area contributed by atoms with Crippen molar-refractivity contribution in [2.24, 2.45) is 0 Å². The van der Waals surface area contributed by atoms with Gasteiger partial charge in [-0.3, -0.25) is 4.79 Å². The first-order chi connectivity index (χ1) is 10.5. The van der Waals surface area contributed by atoms with Crippen LogP contribution in [0.5, 0.6) is 5.75 Å². The normalized spacial score (nSPS) is 10.1. The third-order valence-corrected chi connectivity index (χ3v) is 3.86. The number of ether oxygens (including phenoxy) is 1. The predicted octanol–water partition coefficient (Wildman–Crippen LogP) is 4.27. The van der Waals surface area contributed by atoms with Gasteiger partial charge in [0.15, 0.2) is 5.78 Å². The van der Waals surface area contributed by atoms with E-state index in [-0.39, 0.29) is 5.78 Å². The lowest BCUT2D eigenvalue weighted by atomic mass is 9.92. The first-order valence-electron chi connectivity index (χ1n) is 7.18. The van der Waals surface area contributed by atoms with Crippen molar-refractivity contribution >= 4 is 5.78 Å². The van der Waals surface area contributed by atoms with Crippen molar-refractivity contribution in [3.8, 4) is 11.8 Å². The summed E-state index contributed by atoms with van der Waals surface area (Å²) in [4.78, 5) is 11.8. The van der Waals surface area contributed by atoms with Crippen molar-refractivity contribution in [1.82, 2.24) is 0 Å². The highest BCUT2D eigenvalue weighted by molar-refractivity contribution is 5.97. The Morgan fingerprint density at radius 2 is 1.86 bits per heavy atom. The molecule has 2 aromatic carbocycles. The number of nitrogens with zero attached hydrogens (tertiary/aromatic N) is 1. The molecular weight excluding hydrogens is 274 g/mol. The van der Waals surface area contributed by atoms with Gasteiger partial charge in [0, 0.05) is 5.56 Å². The van der Waals surface area contributed by atoms with Gasteiger partial charge in [-0.1, -0.05) is 18.2 Å². The van der Waals surface area contributed by atoms with Crippen molar-refractivity contribution in [2.45, 2.75) is 34.3 Å². The molecule has 0 aliphatic carbocycles. The average molecular weight is 293 g/mol. The highest BCUT2D eigenvalue weighted by Crippen LogP contribution is 2.25. The highest BCUT2D eigenvalue weighted by Gasteiger charge is 2.15. The Balaban J connectivity index is 2.37. The van der Waals surface area contributed by atoms with Gasteiger partial charge in [-0.05, 0) is 62.1 Å². The van der Waals surface area contributed by atoms with Crippen LogP contribution in [0.1, 0.15) is 45.1 Å². The van der Waals surface area contributed by atoms with Crippen molar-refractivity contribution in [2.75, 3.05) is 0 Å². The van der Waals surface area contributed by atoms with Crippen LogP contribution in [0, 0.1) is 32.1 Å². The smallest absolute Gasteiger partial charge is 0.160 e. The van der Waals surface area contributed by atoms with E-state index in [2.05, 4.69) is 6.07 Å². The molecule has 0 radical (unpaired) electrons. The van der Waals surface area contributed by atoms with Crippen LogP contribution in [-0.4, -0.2) is 5.78 Å². The Labute approximate surface area is 131 Å². The number of para-hydroxylation sites is 1. The Hall–Kier alpha value is -2.60. The fourth-order valence-corrected chi connectivity index (χ4v) is 2.83. The molecule has 0 unspecified atom stereocenters. The summed E-state index contributed by atoms with van der Waals surface area (Å²) in [6.45, 7) is 7.84. The van der Waals surface area contributed by atoms with E-state index in [1.165, 1.54) is 0 Å². The quantitative estimate of drug-likeness (QED) is 0.791. The molecule has 0 aliphatic heterocycles. The van der Waals surface area contributed by atoms with Gasteiger partial charge in [-0.2, -0.15) is 5.26 Å². The maximum Gasteiger partial charge on any atom is 0.160 e. The number of hydrogen-bond acceptors (Lipinski definition) is 3. The number of rotatable bonds is 4. The number of carbonyl (C=O) groups is 1. The van der Waals surface area contributed by atoms with Gasteiger partial charge in [0.05, 0.1) is 5.56 Å². The minimum Gasteiger partial charge on any atom is -0.488 e. The lowest BCUT2D eigenvalue weighted by Gasteiger charge is -2.16. The van der Waals surface area contributed by atoms with E-state index in [4.69, 9.17) is 10.00 Å². The molecule has 112 valence electrons. The van der Waals surface area contributed by atoms with Gasteiger partial charge in [0.2, 0.25) is 0 Å². The molecule has 0 heterocycles. The molecule has 0 aliphatic rings. The van der Waals surface area contributed by atoms with Crippen molar-refractivity contribution in [1.29, 1.82) is 5.26 Å². The summed E-state index contributed by atoms with van der Waals surface area (Å²) in [6.07, 6.45) is 0. The topological polar surface area (TPSA) is 50.1 Å². The SMILES string of the molecule is CC(=O)c1c(C)cc(C)c(COc2ccccc2C#N)c1C. The molecule has 3 nitrogen and oxygen atoms in total. The summed E-state index contributed by atoms with van der Waals surface area (Å²) in [5, 5.41) is 9.10. The van der Waals surface area contributed by atoms with Crippen molar-refractivity contribution in [3.05, 3.63) is 63.7 Å². The molecule has 3 heteroatoms. The molecule has 0 saturated carbocycles. The summed E-state index contributed by atoms with van der Waals surface area (Å²) in [7, 11) is 0. The predicted molar refractivity (Wildman–Crippen MR) is 86.1 cm³/mol. The summed E-state index contributed by atoms with van der Waals surface area (Å²) >= 11 is 0. The van der Waals surface area contributed by atoms with Crippen molar-refractivity contribution in [3.63, 3.8) is 0 Å². The lowest BCUT2D eigenvalue weighted by Crippen LogP contribution is -2.08. The summed E-state index contributed by atoms with van der Waals surface area (Å²) in [5.74, 6) is 0.627. The van der Waals surface area contributed by atoms with Crippen LogP contribution >= 0.6 is 0 Å². The van der Waals surface area contributed by atoms with Crippen LogP contribution in [0.15, 0.2) is 30.3 Å². The third kappa shape index (κ3) is 3.01. The van der Waals surface area contributed by atoms with Gasteiger partial charge in [0.25, 0.3) is 0 Å². The van der Waals surface area contributed by atoms with Crippen LogP contribution in [-0.2, 0) is 6.61 Å². The number of hydrogen-bond donors (Lipinski definition) is 0. The molecule has 22 heavy (non-hydrogen) atoms.